The number of nitrogens with one attached hydrogen (secondary N) is 1. The number of ether oxygens (including phenoxy) is 2. The van der Waals surface area contributed by atoms with Crippen LogP contribution in [0.4, 0.5) is 0 Å². The summed E-state index contributed by atoms with van der Waals surface area (Å²) in [4.78, 5) is 13.3. The molecule has 1 atom stereocenters. The number of hydrogen-bond acceptors (Lipinski definition) is 8. The summed E-state index contributed by atoms with van der Waals surface area (Å²) in [6, 6.07) is 5.44. The maximum atomic E-state index is 12.7. The van der Waals surface area contributed by atoms with Crippen LogP contribution in [0.3, 0.4) is 0 Å². The summed E-state index contributed by atoms with van der Waals surface area (Å²) in [5, 5.41) is 18.1. The zero-order chi connectivity index (χ0) is 18.0. The fraction of sp³-hybridized carbons (Fsp3) is 0.294. The minimum absolute atomic E-state index is 0.108. The molecule has 0 unspecified atom stereocenters. The molecule has 25 heavy (non-hydrogen) atoms. The molecule has 0 amide bonds. The van der Waals surface area contributed by atoms with E-state index in [0.717, 1.165) is 17.0 Å². The number of carbonyl (C=O) groups excluding carboxylic acids is 1. The molecule has 0 saturated carbocycles. The molecule has 1 aliphatic rings. The van der Waals surface area contributed by atoms with E-state index in [2.05, 4.69) is 10.2 Å². The van der Waals surface area contributed by atoms with Crippen molar-refractivity contribution >= 4 is 40.0 Å². The highest BCUT2D eigenvalue weighted by atomic mass is 32.2. The van der Waals surface area contributed by atoms with Gasteiger partial charge < -0.3 is 9.47 Å². The second-order valence-electron chi connectivity index (χ2n) is 5.27. The predicted molar refractivity (Wildman–Crippen MR) is 99.9 cm³/mol. The SMILES string of the molecule is CCc1nnc([C@H]2C(=N)S/C(=C\c3ccc(OC)c(OC)c3)C2=O)s1. The molecule has 0 spiro atoms. The normalized spacial score (nSPS) is 18.8. The molecule has 0 radical (unpaired) electrons. The predicted octanol–water partition coefficient (Wildman–Crippen LogP) is 3.54. The molecule has 6 nitrogen and oxygen atoms in total. The lowest BCUT2D eigenvalue weighted by atomic mass is 10.1. The number of Topliss-reactive ketones (excluding diaryl/α,β-unsaturated/α-hetero) is 1. The molecular formula is C17H17N3O3S2. The van der Waals surface area contributed by atoms with Crippen LogP contribution in [0.25, 0.3) is 6.08 Å². The van der Waals surface area contributed by atoms with E-state index in [0.29, 0.717) is 21.4 Å². The number of thioether (sulfide) groups is 1. The van der Waals surface area contributed by atoms with Gasteiger partial charge in [-0.1, -0.05) is 24.8 Å². The standard InChI is InChI=1S/C17H17N3O3S2/c1-4-13-19-20-17(25-13)14-15(21)12(24-16(14)18)8-9-5-6-10(22-2)11(7-9)23-3/h5-8,14,18H,4H2,1-3H3/b12-8-,18-16?/t14-/m1/s1. The number of allylic oxidation sites excluding steroid dienone is 1. The largest absolute Gasteiger partial charge is 0.493 e. The van der Waals surface area contributed by atoms with Crippen LogP contribution in [0.1, 0.15) is 28.4 Å². The van der Waals surface area contributed by atoms with Crippen molar-refractivity contribution in [1.82, 2.24) is 10.2 Å². The maximum Gasteiger partial charge on any atom is 0.186 e. The molecular weight excluding hydrogens is 358 g/mol. The third-order valence-electron chi connectivity index (χ3n) is 3.72. The average Bonchev–Trinajstić information content (AvgIpc) is 3.19. The Balaban J connectivity index is 1.90. The van der Waals surface area contributed by atoms with Crippen LogP contribution in [0, 0.1) is 5.41 Å². The lowest BCUT2D eigenvalue weighted by Crippen LogP contribution is -2.11. The molecule has 1 N–H and O–H groups in total. The van der Waals surface area contributed by atoms with E-state index in [9.17, 15) is 4.79 Å². The number of methoxy groups -OCH3 is 2. The van der Waals surface area contributed by atoms with E-state index in [4.69, 9.17) is 14.9 Å². The van der Waals surface area contributed by atoms with Gasteiger partial charge in [0.25, 0.3) is 0 Å². The van der Waals surface area contributed by atoms with Crippen LogP contribution < -0.4 is 9.47 Å². The smallest absolute Gasteiger partial charge is 0.186 e. The molecule has 0 bridgehead atoms. The Morgan fingerprint density at radius 1 is 1.24 bits per heavy atom. The van der Waals surface area contributed by atoms with Crippen molar-refractivity contribution in [1.29, 1.82) is 5.41 Å². The van der Waals surface area contributed by atoms with Crippen molar-refractivity contribution in [3.05, 3.63) is 38.7 Å². The minimum atomic E-state index is -0.630. The van der Waals surface area contributed by atoms with Gasteiger partial charge in [-0.15, -0.1) is 21.5 Å². The third kappa shape index (κ3) is 3.45. The first-order valence-corrected chi connectivity index (χ1v) is 9.27. The number of benzene rings is 1. The lowest BCUT2D eigenvalue weighted by molar-refractivity contribution is -0.114. The van der Waals surface area contributed by atoms with Gasteiger partial charge in [-0.2, -0.15) is 0 Å². The molecule has 0 aliphatic carbocycles. The Hall–Kier alpha value is -2.19. The van der Waals surface area contributed by atoms with Gasteiger partial charge in [0.05, 0.1) is 24.2 Å². The second kappa shape index (κ2) is 7.37. The first-order valence-electron chi connectivity index (χ1n) is 7.63. The van der Waals surface area contributed by atoms with E-state index >= 15 is 0 Å². The fourth-order valence-corrected chi connectivity index (χ4v) is 4.39. The first kappa shape index (κ1) is 17.6. The number of ketones is 1. The number of rotatable bonds is 5. The van der Waals surface area contributed by atoms with Gasteiger partial charge >= 0.3 is 0 Å². The van der Waals surface area contributed by atoms with Gasteiger partial charge in [-0.3, -0.25) is 10.2 Å². The Bertz CT molecular complexity index is 861. The molecule has 130 valence electrons. The topological polar surface area (TPSA) is 85.2 Å². The monoisotopic (exact) mass is 375 g/mol. The number of aromatic nitrogens is 2. The number of hydrogen-bond donors (Lipinski definition) is 1. The van der Waals surface area contributed by atoms with E-state index in [1.54, 1.807) is 32.4 Å². The Morgan fingerprint density at radius 3 is 2.64 bits per heavy atom. The first-order chi connectivity index (χ1) is 12.1. The number of aryl methyl sites for hydroxylation is 1. The van der Waals surface area contributed by atoms with E-state index in [1.807, 2.05) is 13.0 Å². The van der Waals surface area contributed by atoms with Crippen molar-refractivity contribution < 1.29 is 14.3 Å². The highest BCUT2D eigenvalue weighted by Crippen LogP contribution is 2.42. The number of nitrogens with zero attached hydrogens (tertiary/aromatic N) is 2. The second-order valence-corrected chi connectivity index (χ2v) is 7.45. The molecule has 1 aliphatic heterocycles. The van der Waals surface area contributed by atoms with Crippen molar-refractivity contribution in [2.24, 2.45) is 0 Å². The molecule has 8 heteroatoms. The molecule has 1 saturated heterocycles. The van der Waals surface area contributed by atoms with Crippen molar-refractivity contribution in [2.75, 3.05) is 14.2 Å². The van der Waals surface area contributed by atoms with Crippen LogP contribution in [-0.4, -0.2) is 35.2 Å². The van der Waals surface area contributed by atoms with Gasteiger partial charge in [0.15, 0.2) is 17.3 Å². The highest BCUT2D eigenvalue weighted by molar-refractivity contribution is 8.19. The van der Waals surface area contributed by atoms with Crippen LogP contribution in [0.15, 0.2) is 23.1 Å². The summed E-state index contributed by atoms with van der Waals surface area (Å²) in [5.74, 6) is 0.482. The maximum absolute atomic E-state index is 12.7. The molecule has 2 aromatic rings. The van der Waals surface area contributed by atoms with E-state index in [1.165, 1.54) is 23.1 Å². The fourth-order valence-electron chi connectivity index (χ4n) is 2.43. The summed E-state index contributed by atoms with van der Waals surface area (Å²) < 4.78 is 10.5. The highest BCUT2D eigenvalue weighted by Gasteiger charge is 2.39. The van der Waals surface area contributed by atoms with Crippen LogP contribution in [0.2, 0.25) is 0 Å². The average molecular weight is 375 g/mol. The van der Waals surface area contributed by atoms with Crippen molar-refractivity contribution in [2.45, 2.75) is 19.3 Å². The van der Waals surface area contributed by atoms with Gasteiger partial charge in [0.2, 0.25) is 0 Å². The third-order valence-corrected chi connectivity index (χ3v) is 5.85. The zero-order valence-corrected chi connectivity index (χ0v) is 15.7. The quantitative estimate of drug-likeness (QED) is 0.805. The zero-order valence-electron chi connectivity index (χ0n) is 14.0. The van der Waals surface area contributed by atoms with E-state index < -0.39 is 5.92 Å². The van der Waals surface area contributed by atoms with Crippen molar-refractivity contribution in [3.8, 4) is 11.5 Å². The summed E-state index contributed by atoms with van der Waals surface area (Å²) in [6.07, 6.45) is 2.54. The molecule has 3 rings (SSSR count). The summed E-state index contributed by atoms with van der Waals surface area (Å²) >= 11 is 2.57. The number of carbonyl (C=O) groups is 1. The Kier molecular flexibility index (Phi) is 5.19. The van der Waals surface area contributed by atoms with Gasteiger partial charge in [-0.05, 0) is 30.2 Å². The van der Waals surface area contributed by atoms with Gasteiger partial charge in [0.1, 0.15) is 15.9 Å². The molecule has 2 heterocycles. The van der Waals surface area contributed by atoms with Crippen molar-refractivity contribution in [3.63, 3.8) is 0 Å². The lowest BCUT2D eigenvalue weighted by Gasteiger charge is -2.08. The summed E-state index contributed by atoms with van der Waals surface area (Å²) in [6.45, 7) is 1.99. The summed E-state index contributed by atoms with van der Waals surface area (Å²) in [5.41, 5.74) is 0.813. The summed E-state index contributed by atoms with van der Waals surface area (Å²) in [7, 11) is 3.14. The Labute approximate surface area is 153 Å². The Morgan fingerprint density at radius 2 is 2.00 bits per heavy atom. The van der Waals surface area contributed by atoms with Crippen LogP contribution in [-0.2, 0) is 11.2 Å². The van der Waals surface area contributed by atoms with Crippen LogP contribution >= 0.6 is 23.1 Å². The van der Waals surface area contributed by atoms with Crippen LogP contribution in [0.5, 0.6) is 11.5 Å². The van der Waals surface area contributed by atoms with E-state index in [-0.39, 0.29) is 10.8 Å². The molecule has 1 aromatic carbocycles. The van der Waals surface area contributed by atoms with Gasteiger partial charge in [-0.25, -0.2) is 0 Å². The minimum Gasteiger partial charge on any atom is -0.493 e. The molecule has 1 fully saturated rings. The van der Waals surface area contributed by atoms with Gasteiger partial charge in [0, 0.05) is 0 Å². The molecule has 1 aromatic heterocycles.